The molecule has 0 spiro atoms. The Morgan fingerprint density at radius 3 is 1.43 bits per heavy atom. The quantitative estimate of drug-likeness (QED) is 0.210. The SMILES string of the molecule is O=C(CC([N+](=O)[O-])([N+](=O)[O-])[N+](=O)[O-])NCC(F)([N+](=O)[O-])[N+](=O)[O-]. The Morgan fingerprint density at radius 2 is 1.17 bits per heavy atom. The van der Waals surface area contributed by atoms with Crippen molar-refractivity contribution < 1.29 is 33.8 Å². The molecular formula is C5H5FN6O11. The summed E-state index contributed by atoms with van der Waals surface area (Å²) >= 11 is 0. The number of carbonyl (C=O) groups is 1. The summed E-state index contributed by atoms with van der Waals surface area (Å²) in [5.41, 5.74) is 0. The number of hydrogen-bond donors (Lipinski definition) is 1. The molecule has 0 aliphatic rings. The molecule has 0 saturated carbocycles. The van der Waals surface area contributed by atoms with Gasteiger partial charge in [-0.05, 0) is 0 Å². The zero-order chi connectivity index (χ0) is 18.6. The van der Waals surface area contributed by atoms with Crippen LogP contribution in [0, 0.1) is 50.6 Å². The van der Waals surface area contributed by atoms with E-state index >= 15 is 0 Å². The molecule has 0 bridgehead atoms. The van der Waals surface area contributed by atoms with Gasteiger partial charge in [0.2, 0.25) is 12.3 Å². The van der Waals surface area contributed by atoms with Crippen LogP contribution in [0.5, 0.6) is 0 Å². The molecule has 23 heavy (non-hydrogen) atoms. The highest BCUT2D eigenvalue weighted by Crippen LogP contribution is 2.18. The first-order valence-corrected chi connectivity index (χ1v) is 5.00. The number of rotatable bonds is 9. The third-order valence-electron chi connectivity index (χ3n) is 2.34. The van der Waals surface area contributed by atoms with Gasteiger partial charge in [-0.15, -0.1) is 0 Å². The molecule has 0 unspecified atom stereocenters. The van der Waals surface area contributed by atoms with Crippen molar-refractivity contribution in [2.45, 2.75) is 18.1 Å². The number of hydrogen-bond acceptors (Lipinski definition) is 11. The van der Waals surface area contributed by atoms with Gasteiger partial charge in [0, 0.05) is 0 Å². The van der Waals surface area contributed by atoms with Gasteiger partial charge in [-0.25, -0.2) is 0 Å². The van der Waals surface area contributed by atoms with Crippen molar-refractivity contribution in [2.24, 2.45) is 0 Å². The lowest BCUT2D eigenvalue weighted by Gasteiger charge is -2.11. The number of amides is 1. The van der Waals surface area contributed by atoms with E-state index in [1.807, 2.05) is 0 Å². The highest BCUT2D eigenvalue weighted by molar-refractivity contribution is 5.76. The van der Waals surface area contributed by atoms with Crippen LogP contribution in [0.4, 0.5) is 4.39 Å². The molecule has 1 N–H and O–H groups in total. The van der Waals surface area contributed by atoms with Gasteiger partial charge >= 0.3 is 11.7 Å². The van der Waals surface area contributed by atoms with E-state index in [0.717, 1.165) is 5.32 Å². The van der Waals surface area contributed by atoms with Gasteiger partial charge in [-0.1, -0.05) is 4.39 Å². The molecule has 128 valence electrons. The summed E-state index contributed by atoms with van der Waals surface area (Å²) in [5, 5.41) is 53.0. The van der Waals surface area contributed by atoms with Crippen LogP contribution in [0.2, 0.25) is 0 Å². The van der Waals surface area contributed by atoms with E-state index in [4.69, 9.17) is 0 Å². The van der Waals surface area contributed by atoms with Crippen LogP contribution >= 0.6 is 0 Å². The number of halogens is 1. The molecule has 0 aliphatic heterocycles. The molecule has 0 aromatic carbocycles. The Labute approximate surface area is 121 Å². The van der Waals surface area contributed by atoms with E-state index in [0.29, 0.717) is 0 Å². The first kappa shape index (κ1) is 19.4. The average molecular weight is 344 g/mol. The summed E-state index contributed by atoms with van der Waals surface area (Å²) in [5.74, 6) is -10.6. The van der Waals surface area contributed by atoms with Gasteiger partial charge < -0.3 is 5.32 Å². The van der Waals surface area contributed by atoms with E-state index < -0.39 is 55.2 Å². The zero-order valence-electron chi connectivity index (χ0n) is 10.5. The first-order chi connectivity index (χ1) is 10.3. The Morgan fingerprint density at radius 1 is 0.826 bits per heavy atom. The predicted molar refractivity (Wildman–Crippen MR) is 59.2 cm³/mol. The number of nitrogens with zero attached hydrogens (tertiary/aromatic N) is 5. The molecule has 0 saturated heterocycles. The van der Waals surface area contributed by atoms with Crippen LogP contribution in [0.3, 0.4) is 0 Å². The van der Waals surface area contributed by atoms with Crippen LogP contribution in [0.25, 0.3) is 0 Å². The van der Waals surface area contributed by atoms with Crippen LogP contribution < -0.4 is 5.32 Å². The second-order valence-corrected chi connectivity index (χ2v) is 3.73. The maximum Gasteiger partial charge on any atom is 0.708 e. The zero-order valence-corrected chi connectivity index (χ0v) is 10.5. The molecule has 17 nitrogen and oxygen atoms in total. The molecule has 18 heteroatoms. The largest absolute Gasteiger partial charge is 0.708 e. The molecule has 0 aromatic rings. The summed E-state index contributed by atoms with van der Waals surface area (Å²) in [7, 11) is 0. The lowest BCUT2D eigenvalue weighted by atomic mass is 10.2. The van der Waals surface area contributed by atoms with Crippen molar-refractivity contribution in [3.05, 3.63) is 50.6 Å². The lowest BCUT2D eigenvalue weighted by molar-refractivity contribution is -0.968. The van der Waals surface area contributed by atoms with Crippen LogP contribution in [-0.2, 0) is 4.79 Å². The predicted octanol–water partition coefficient (Wildman–Crippen LogP) is -1.85. The Kier molecular flexibility index (Phi) is 5.44. The number of nitro groups is 5. The van der Waals surface area contributed by atoms with Gasteiger partial charge in [-0.3, -0.25) is 55.4 Å². The molecule has 0 heterocycles. The molecule has 0 fully saturated rings. The summed E-state index contributed by atoms with van der Waals surface area (Å²) in [6, 6.07) is 0. The van der Waals surface area contributed by atoms with Crippen LogP contribution in [0.15, 0.2) is 0 Å². The third-order valence-corrected chi connectivity index (χ3v) is 2.34. The van der Waals surface area contributed by atoms with Crippen molar-refractivity contribution in [3.8, 4) is 0 Å². The topological polar surface area (TPSA) is 245 Å². The van der Waals surface area contributed by atoms with Crippen molar-refractivity contribution in [2.75, 3.05) is 6.54 Å². The number of alkyl halides is 1. The molecule has 0 atom stereocenters. The smallest absolute Gasteiger partial charge is 0.339 e. The molecular weight excluding hydrogens is 339 g/mol. The lowest BCUT2D eigenvalue weighted by Crippen LogP contribution is -2.57. The van der Waals surface area contributed by atoms with Gasteiger partial charge in [0.25, 0.3) is 0 Å². The fraction of sp³-hybridized carbons (Fsp3) is 0.800. The maximum atomic E-state index is 13.3. The van der Waals surface area contributed by atoms with Crippen molar-refractivity contribution in [3.63, 3.8) is 0 Å². The Hall–Kier alpha value is -3.60. The van der Waals surface area contributed by atoms with Crippen LogP contribution in [0.1, 0.15) is 6.42 Å². The van der Waals surface area contributed by atoms with E-state index in [1.165, 1.54) is 0 Å². The monoisotopic (exact) mass is 344 g/mol. The average Bonchev–Trinajstić information content (AvgIpc) is 2.40. The standard InChI is InChI=1S/C5H5FN6O11/c6-4(8(14)15,9(16)17)2-7-3(13)1-5(10(18)19,11(20)21)12(22)23/h1-2H2,(H,7,13). The summed E-state index contributed by atoms with van der Waals surface area (Å²) in [6.07, 6.45) is -2.08. The van der Waals surface area contributed by atoms with E-state index in [1.54, 1.807) is 0 Å². The minimum atomic E-state index is -4.42. The molecule has 0 radical (unpaired) electrons. The highest BCUT2D eigenvalue weighted by Gasteiger charge is 2.72. The van der Waals surface area contributed by atoms with Gasteiger partial charge in [0.15, 0.2) is 21.3 Å². The Balaban J connectivity index is 5.31. The number of nitrogens with one attached hydrogen (secondary N) is 1. The molecule has 1 amide bonds. The number of carbonyl (C=O) groups excluding carboxylic acids is 1. The van der Waals surface area contributed by atoms with Crippen molar-refractivity contribution >= 4 is 5.91 Å². The third kappa shape index (κ3) is 3.54. The summed E-state index contributed by atoms with van der Waals surface area (Å²) < 4.78 is 13.3. The second kappa shape index (κ2) is 6.44. The van der Waals surface area contributed by atoms with Crippen molar-refractivity contribution in [1.29, 1.82) is 0 Å². The fourth-order valence-corrected chi connectivity index (χ4v) is 1.08. The van der Waals surface area contributed by atoms with E-state index in [-0.39, 0.29) is 0 Å². The summed E-state index contributed by atoms with van der Waals surface area (Å²) in [6.45, 7) is -1.96. The van der Waals surface area contributed by atoms with Crippen molar-refractivity contribution in [1.82, 2.24) is 5.32 Å². The normalized spacial score (nSPS) is 11.3. The Bertz CT molecular complexity index is 539. The minimum Gasteiger partial charge on any atom is -0.339 e. The minimum absolute atomic E-state index is 1.10. The highest BCUT2D eigenvalue weighted by atomic mass is 19.2. The molecule has 0 aromatic heterocycles. The fourth-order valence-electron chi connectivity index (χ4n) is 1.08. The maximum absolute atomic E-state index is 13.3. The molecule has 0 aliphatic carbocycles. The van der Waals surface area contributed by atoms with E-state index in [9.17, 15) is 59.8 Å². The summed E-state index contributed by atoms with van der Waals surface area (Å²) in [4.78, 5) is 53.0. The molecule has 0 rings (SSSR count). The van der Waals surface area contributed by atoms with Gasteiger partial charge in [0.05, 0.1) is 0 Å². The van der Waals surface area contributed by atoms with Gasteiger partial charge in [-0.2, -0.15) is 0 Å². The van der Waals surface area contributed by atoms with E-state index in [2.05, 4.69) is 0 Å². The second-order valence-electron chi connectivity index (χ2n) is 3.73. The van der Waals surface area contributed by atoms with Gasteiger partial charge in [0.1, 0.15) is 9.85 Å². The van der Waals surface area contributed by atoms with Crippen LogP contribution in [-0.4, -0.2) is 48.8 Å². The first-order valence-electron chi connectivity index (χ1n) is 5.00.